The second-order valence-electron chi connectivity index (χ2n) is 2.95. The van der Waals surface area contributed by atoms with Crippen LogP contribution in [0.2, 0.25) is 0 Å². The van der Waals surface area contributed by atoms with Crippen molar-refractivity contribution in [1.82, 2.24) is 0 Å². The molecule has 12 heavy (non-hydrogen) atoms. The van der Waals surface area contributed by atoms with E-state index in [0.29, 0.717) is 0 Å². The molecule has 0 fully saturated rings. The SMILES string of the molecule is Cc1cccc(N(C)CCBr)c1. The van der Waals surface area contributed by atoms with Crippen molar-refractivity contribution in [1.29, 1.82) is 0 Å². The number of hydrogen-bond acceptors (Lipinski definition) is 1. The third-order valence-electron chi connectivity index (χ3n) is 1.86. The Hall–Kier alpha value is -0.500. The standard InChI is InChI=1S/C10H14BrN/c1-9-4-3-5-10(8-9)12(2)7-6-11/h3-5,8H,6-7H2,1-2H3. The molecule has 2 heteroatoms. The van der Waals surface area contributed by atoms with Crippen LogP contribution in [0.15, 0.2) is 24.3 Å². The number of aryl methyl sites for hydroxylation is 1. The molecule has 0 unspecified atom stereocenters. The number of nitrogens with zero attached hydrogens (tertiary/aromatic N) is 1. The fourth-order valence-corrected chi connectivity index (χ4v) is 1.65. The fraction of sp³-hybridized carbons (Fsp3) is 0.400. The van der Waals surface area contributed by atoms with Gasteiger partial charge < -0.3 is 4.90 Å². The molecule has 0 atom stereocenters. The van der Waals surface area contributed by atoms with E-state index in [1.807, 2.05) is 0 Å². The molecule has 0 aliphatic heterocycles. The van der Waals surface area contributed by atoms with Gasteiger partial charge in [0, 0.05) is 24.6 Å². The van der Waals surface area contributed by atoms with E-state index >= 15 is 0 Å². The number of benzene rings is 1. The van der Waals surface area contributed by atoms with Gasteiger partial charge in [0.2, 0.25) is 0 Å². The minimum Gasteiger partial charge on any atom is -0.374 e. The molecule has 0 spiro atoms. The summed E-state index contributed by atoms with van der Waals surface area (Å²) in [6, 6.07) is 8.54. The van der Waals surface area contributed by atoms with E-state index < -0.39 is 0 Å². The maximum absolute atomic E-state index is 3.42. The smallest absolute Gasteiger partial charge is 0.0366 e. The summed E-state index contributed by atoms with van der Waals surface area (Å²) < 4.78 is 0. The molecule has 66 valence electrons. The lowest BCUT2D eigenvalue weighted by atomic mass is 10.2. The van der Waals surface area contributed by atoms with E-state index in [-0.39, 0.29) is 0 Å². The maximum atomic E-state index is 3.42. The first-order valence-corrected chi connectivity index (χ1v) is 5.20. The third kappa shape index (κ3) is 2.52. The van der Waals surface area contributed by atoms with Crippen LogP contribution in [0.4, 0.5) is 5.69 Å². The van der Waals surface area contributed by atoms with Gasteiger partial charge in [-0.15, -0.1) is 0 Å². The Balaban J connectivity index is 2.73. The molecule has 1 nitrogen and oxygen atoms in total. The largest absolute Gasteiger partial charge is 0.374 e. The summed E-state index contributed by atoms with van der Waals surface area (Å²) in [5, 5.41) is 1.01. The van der Waals surface area contributed by atoms with Gasteiger partial charge in [0.25, 0.3) is 0 Å². The Kier molecular flexibility index (Phi) is 3.60. The molecule has 0 aromatic heterocycles. The van der Waals surface area contributed by atoms with Crippen molar-refractivity contribution in [3.05, 3.63) is 29.8 Å². The zero-order valence-corrected chi connectivity index (χ0v) is 9.13. The van der Waals surface area contributed by atoms with Gasteiger partial charge >= 0.3 is 0 Å². The quantitative estimate of drug-likeness (QED) is 0.719. The lowest BCUT2D eigenvalue weighted by Crippen LogP contribution is -2.19. The molecular weight excluding hydrogens is 214 g/mol. The normalized spacial score (nSPS) is 9.92. The average molecular weight is 228 g/mol. The van der Waals surface area contributed by atoms with E-state index in [1.54, 1.807) is 0 Å². The van der Waals surface area contributed by atoms with Crippen LogP contribution in [0.5, 0.6) is 0 Å². The van der Waals surface area contributed by atoms with E-state index in [9.17, 15) is 0 Å². The summed E-state index contributed by atoms with van der Waals surface area (Å²) in [7, 11) is 2.11. The summed E-state index contributed by atoms with van der Waals surface area (Å²) in [5.74, 6) is 0. The van der Waals surface area contributed by atoms with Crippen LogP contribution in [0.3, 0.4) is 0 Å². The van der Waals surface area contributed by atoms with Crippen LogP contribution in [0.25, 0.3) is 0 Å². The van der Waals surface area contributed by atoms with Crippen LogP contribution in [0, 0.1) is 6.92 Å². The summed E-state index contributed by atoms with van der Waals surface area (Å²) in [5.41, 5.74) is 2.60. The molecule has 0 saturated carbocycles. The number of halogens is 1. The van der Waals surface area contributed by atoms with Gasteiger partial charge in [-0.1, -0.05) is 28.1 Å². The number of anilines is 1. The highest BCUT2D eigenvalue weighted by Gasteiger charge is 1.97. The molecule has 0 N–H and O–H groups in total. The minimum atomic E-state index is 1.01. The van der Waals surface area contributed by atoms with Gasteiger partial charge in [0.15, 0.2) is 0 Å². The number of alkyl halides is 1. The van der Waals surface area contributed by atoms with Crippen molar-refractivity contribution in [3.8, 4) is 0 Å². The van der Waals surface area contributed by atoms with Crippen LogP contribution < -0.4 is 4.90 Å². The Morgan fingerprint density at radius 1 is 1.42 bits per heavy atom. The fourth-order valence-electron chi connectivity index (χ4n) is 1.12. The van der Waals surface area contributed by atoms with Crippen molar-refractivity contribution in [2.24, 2.45) is 0 Å². The first kappa shape index (κ1) is 9.59. The predicted molar refractivity (Wildman–Crippen MR) is 58.2 cm³/mol. The maximum Gasteiger partial charge on any atom is 0.0366 e. The first-order chi connectivity index (χ1) is 5.74. The van der Waals surface area contributed by atoms with Crippen molar-refractivity contribution in [2.45, 2.75) is 6.92 Å². The van der Waals surface area contributed by atoms with Crippen molar-refractivity contribution >= 4 is 21.6 Å². The Morgan fingerprint density at radius 2 is 2.17 bits per heavy atom. The number of rotatable bonds is 3. The Bertz CT molecular complexity index is 247. The molecule has 1 aromatic rings. The van der Waals surface area contributed by atoms with Crippen LogP contribution in [-0.2, 0) is 0 Å². The zero-order valence-electron chi connectivity index (χ0n) is 7.55. The second-order valence-corrected chi connectivity index (χ2v) is 3.74. The highest BCUT2D eigenvalue weighted by molar-refractivity contribution is 9.09. The average Bonchev–Trinajstić information content (AvgIpc) is 2.05. The molecule has 0 aliphatic carbocycles. The Labute approximate surface area is 82.5 Å². The van der Waals surface area contributed by atoms with Crippen molar-refractivity contribution in [3.63, 3.8) is 0 Å². The topological polar surface area (TPSA) is 3.24 Å². The molecule has 0 aliphatic rings. The first-order valence-electron chi connectivity index (χ1n) is 4.08. The van der Waals surface area contributed by atoms with Gasteiger partial charge in [-0.25, -0.2) is 0 Å². The number of hydrogen-bond donors (Lipinski definition) is 0. The van der Waals surface area contributed by atoms with Crippen LogP contribution in [0.1, 0.15) is 5.56 Å². The lowest BCUT2D eigenvalue weighted by molar-refractivity contribution is 0.981. The van der Waals surface area contributed by atoms with Gasteiger partial charge in [-0.2, -0.15) is 0 Å². The van der Waals surface area contributed by atoms with Gasteiger partial charge in [-0.3, -0.25) is 0 Å². The highest BCUT2D eigenvalue weighted by atomic mass is 79.9. The molecular formula is C10H14BrN. The zero-order chi connectivity index (χ0) is 8.97. The van der Waals surface area contributed by atoms with Crippen molar-refractivity contribution in [2.75, 3.05) is 23.8 Å². The van der Waals surface area contributed by atoms with Gasteiger partial charge in [0.05, 0.1) is 0 Å². The van der Waals surface area contributed by atoms with Crippen LogP contribution in [-0.4, -0.2) is 18.9 Å². The summed E-state index contributed by atoms with van der Waals surface area (Å²) in [4.78, 5) is 2.24. The minimum absolute atomic E-state index is 1.01. The monoisotopic (exact) mass is 227 g/mol. The molecule has 1 aromatic carbocycles. The summed E-state index contributed by atoms with van der Waals surface area (Å²) in [6.45, 7) is 3.16. The van der Waals surface area contributed by atoms with Gasteiger partial charge in [0.1, 0.15) is 0 Å². The van der Waals surface area contributed by atoms with Crippen molar-refractivity contribution < 1.29 is 0 Å². The highest BCUT2D eigenvalue weighted by Crippen LogP contribution is 2.13. The molecule has 0 heterocycles. The second kappa shape index (κ2) is 4.51. The molecule has 0 saturated heterocycles. The lowest BCUT2D eigenvalue weighted by Gasteiger charge is -2.17. The summed E-state index contributed by atoms with van der Waals surface area (Å²) >= 11 is 3.42. The molecule has 0 amide bonds. The summed E-state index contributed by atoms with van der Waals surface area (Å²) in [6.07, 6.45) is 0. The van der Waals surface area contributed by atoms with E-state index in [1.165, 1.54) is 11.3 Å². The third-order valence-corrected chi connectivity index (χ3v) is 2.22. The van der Waals surface area contributed by atoms with Gasteiger partial charge in [-0.05, 0) is 24.6 Å². The Morgan fingerprint density at radius 3 is 2.75 bits per heavy atom. The van der Waals surface area contributed by atoms with E-state index in [4.69, 9.17) is 0 Å². The van der Waals surface area contributed by atoms with E-state index in [2.05, 4.69) is 59.1 Å². The molecule has 0 bridgehead atoms. The predicted octanol–water partition coefficient (Wildman–Crippen LogP) is 2.83. The molecule has 0 radical (unpaired) electrons. The van der Waals surface area contributed by atoms with Crippen LogP contribution >= 0.6 is 15.9 Å². The van der Waals surface area contributed by atoms with E-state index in [0.717, 1.165) is 11.9 Å². The molecule has 1 rings (SSSR count).